The van der Waals surface area contributed by atoms with E-state index in [1.165, 1.54) is 0 Å². The molecule has 0 rings (SSSR count). The average Bonchev–Trinajstić information content (AvgIpc) is 1.00. The fraction of sp³-hybridized carbons (Fsp3) is 0. The van der Waals surface area contributed by atoms with Crippen LogP contribution in [0.5, 0.6) is 0 Å². The Morgan fingerprint density at radius 3 is 1.25 bits per heavy atom. The summed E-state index contributed by atoms with van der Waals surface area (Å²) in [4.78, 5) is 0. The maximum Gasteiger partial charge on any atom is 0 e. The fourth-order valence-corrected chi connectivity index (χ4v) is 0. The molecule has 0 amide bonds. The Labute approximate surface area is 69.2 Å². The van der Waals surface area contributed by atoms with E-state index in [9.17, 15) is 0 Å². The molecule has 0 atom stereocenters. The third kappa shape index (κ3) is 8.99. The van der Waals surface area contributed by atoms with Gasteiger partial charge in [-0.2, -0.15) is 0 Å². The van der Waals surface area contributed by atoms with E-state index in [-0.39, 0.29) is 49.0 Å². The summed E-state index contributed by atoms with van der Waals surface area (Å²) in [5, 5.41) is 0. The van der Waals surface area contributed by atoms with Crippen LogP contribution in [-0.2, 0) is 40.5 Å². The van der Waals surface area contributed by atoms with E-state index in [1.54, 1.807) is 0 Å². The van der Waals surface area contributed by atoms with E-state index in [4.69, 9.17) is 3.67 Å². The van der Waals surface area contributed by atoms with Gasteiger partial charge in [-0.15, -0.1) is 0 Å². The average molecular weight is 156 g/mol. The van der Waals surface area contributed by atoms with Crippen LogP contribution in [0.4, 0.5) is 0 Å². The van der Waals surface area contributed by atoms with Crippen molar-refractivity contribution in [1.29, 1.82) is 0 Å². The normalized spacial score (nSPS) is 0.750. The minimum absolute atomic E-state index is 0. The van der Waals surface area contributed by atoms with Crippen LogP contribution in [0.25, 0.3) is 0 Å². The molecule has 4 heteroatoms. The zero-order valence-corrected chi connectivity index (χ0v) is 5.93. The smallest absolute Gasteiger partial charge is 0 e. The Hall–Kier alpha value is 2.01. The van der Waals surface area contributed by atoms with Crippen molar-refractivity contribution in [2.45, 2.75) is 0 Å². The Kier molecular flexibility index (Phi) is 83.1. The second-order valence-corrected chi connectivity index (χ2v) is 0. The molecule has 0 aliphatic carbocycles. The Bertz CT molecular complexity index is 8.00. The summed E-state index contributed by atoms with van der Waals surface area (Å²) in [6, 6.07) is 0. The molecular weight excluding hydrogens is 155 g/mol. The van der Waals surface area contributed by atoms with E-state index in [1.807, 2.05) is 0 Å². The summed E-state index contributed by atoms with van der Waals surface area (Å²) in [6.07, 6.45) is 0. The SMILES string of the molecule is [NaH].[O]=[V].[Zn]. The maximum absolute atomic E-state index is 8.19. The van der Waals surface area contributed by atoms with Crippen LogP contribution in [0.3, 0.4) is 0 Å². The Balaban J connectivity index is -0.00000000500. The van der Waals surface area contributed by atoms with Gasteiger partial charge in [0.1, 0.15) is 0 Å². The first kappa shape index (κ1) is 16.7. The number of hydrogen-bond acceptors (Lipinski definition) is 1. The first-order valence-corrected chi connectivity index (χ1v) is 0.753. The molecule has 15 valence electrons. The van der Waals surface area contributed by atoms with Gasteiger partial charge in [0.25, 0.3) is 0 Å². The van der Waals surface area contributed by atoms with Gasteiger partial charge in [-0.1, -0.05) is 0 Å². The van der Waals surface area contributed by atoms with Crippen LogP contribution in [0.15, 0.2) is 0 Å². The molecule has 1 nitrogen and oxygen atoms in total. The van der Waals surface area contributed by atoms with Crippen molar-refractivity contribution in [3.05, 3.63) is 0 Å². The molecule has 0 fully saturated rings. The van der Waals surface area contributed by atoms with Crippen LogP contribution >= 0.6 is 0 Å². The molecule has 0 aliphatic rings. The molecule has 0 radical (unpaired) electrons. The van der Waals surface area contributed by atoms with Crippen LogP contribution in [-0.4, -0.2) is 29.6 Å². The molecule has 0 bridgehead atoms. The number of hydrogen-bond donors (Lipinski definition) is 0. The quantitative estimate of drug-likeness (QED) is 0.421. The third-order valence-corrected chi connectivity index (χ3v) is 0. The van der Waals surface area contributed by atoms with E-state index in [2.05, 4.69) is 0 Å². The van der Waals surface area contributed by atoms with Crippen molar-refractivity contribution < 1.29 is 40.5 Å². The summed E-state index contributed by atoms with van der Waals surface area (Å²) in [7, 11) is 0. The van der Waals surface area contributed by atoms with Gasteiger partial charge in [-0.3, -0.25) is 0 Å². The monoisotopic (exact) mass is 155 g/mol. The van der Waals surface area contributed by atoms with E-state index in [0.29, 0.717) is 0 Å². The number of rotatable bonds is 0. The first-order valence-electron chi connectivity index (χ1n) is 0.183. The summed E-state index contributed by atoms with van der Waals surface area (Å²) in [6.45, 7) is 0. The summed E-state index contributed by atoms with van der Waals surface area (Å²) in [5.41, 5.74) is 0. The molecule has 0 saturated heterocycles. The standard InChI is InChI=1S/Na.O.V.Zn.H. The molecule has 0 aromatic rings. The van der Waals surface area contributed by atoms with E-state index >= 15 is 0 Å². The summed E-state index contributed by atoms with van der Waals surface area (Å²) < 4.78 is 8.19. The summed E-state index contributed by atoms with van der Waals surface area (Å²) >= 11 is 1.06. The second-order valence-electron chi connectivity index (χ2n) is 0. The largest absolute Gasteiger partial charge is 0 e. The van der Waals surface area contributed by atoms with Gasteiger partial charge in [0, 0.05) is 19.5 Å². The Morgan fingerprint density at radius 2 is 1.25 bits per heavy atom. The van der Waals surface area contributed by atoms with E-state index in [0.717, 1.165) is 17.4 Å². The molecule has 0 saturated carbocycles. The van der Waals surface area contributed by atoms with E-state index < -0.39 is 0 Å². The molecule has 0 aromatic heterocycles. The third-order valence-electron chi connectivity index (χ3n) is 0. The fourth-order valence-electron chi connectivity index (χ4n) is 0. The minimum atomic E-state index is 0. The maximum atomic E-state index is 8.19. The van der Waals surface area contributed by atoms with Crippen molar-refractivity contribution in [3.8, 4) is 0 Å². The van der Waals surface area contributed by atoms with Crippen LogP contribution in [0, 0.1) is 0 Å². The first-order chi connectivity index (χ1) is 1.00. The van der Waals surface area contributed by atoms with Gasteiger partial charge in [-0.05, 0) is 0 Å². The molecular formula is HNaOVZn. The summed E-state index contributed by atoms with van der Waals surface area (Å²) in [5.74, 6) is 0. The molecule has 0 aromatic carbocycles. The van der Waals surface area contributed by atoms with Crippen molar-refractivity contribution in [2.24, 2.45) is 0 Å². The Morgan fingerprint density at radius 1 is 1.25 bits per heavy atom. The predicted molar refractivity (Wildman–Crippen MR) is 7.84 cm³/mol. The van der Waals surface area contributed by atoms with Gasteiger partial charge in [0.2, 0.25) is 0 Å². The minimum Gasteiger partial charge on any atom is 0 e. The zero-order valence-electron chi connectivity index (χ0n) is 1.56. The van der Waals surface area contributed by atoms with Crippen molar-refractivity contribution in [3.63, 3.8) is 0 Å². The van der Waals surface area contributed by atoms with Crippen LogP contribution in [0.2, 0.25) is 0 Å². The van der Waals surface area contributed by atoms with Crippen LogP contribution < -0.4 is 0 Å². The van der Waals surface area contributed by atoms with Gasteiger partial charge < -0.3 is 0 Å². The topological polar surface area (TPSA) is 17.1 Å². The van der Waals surface area contributed by atoms with Gasteiger partial charge >= 0.3 is 50.6 Å². The van der Waals surface area contributed by atoms with Crippen molar-refractivity contribution >= 4 is 29.6 Å². The molecule has 0 heterocycles. The van der Waals surface area contributed by atoms with Gasteiger partial charge in [-0.25, -0.2) is 0 Å². The molecule has 0 unspecified atom stereocenters. The van der Waals surface area contributed by atoms with Crippen LogP contribution in [0.1, 0.15) is 0 Å². The zero-order chi connectivity index (χ0) is 2.00. The van der Waals surface area contributed by atoms with Gasteiger partial charge in [0.15, 0.2) is 0 Å². The molecule has 4 heavy (non-hydrogen) atoms. The molecule has 0 N–H and O–H groups in total. The van der Waals surface area contributed by atoms with Gasteiger partial charge in [0.05, 0.1) is 0 Å². The predicted octanol–water partition coefficient (Wildman–Crippen LogP) is -0.772. The molecule has 0 spiro atoms. The van der Waals surface area contributed by atoms with Crippen molar-refractivity contribution in [2.75, 3.05) is 0 Å². The molecule has 0 aliphatic heterocycles. The second kappa shape index (κ2) is 20.0. The van der Waals surface area contributed by atoms with Crippen molar-refractivity contribution in [1.82, 2.24) is 0 Å².